The third kappa shape index (κ3) is 4.09. The van der Waals surface area contributed by atoms with Crippen molar-refractivity contribution in [2.45, 2.75) is 11.0 Å². The fourth-order valence-corrected chi connectivity index (χ4v) is 2.95. The van der Waals surface area contributed by atoms with Crippen molar-refractivity contribution in [3.8, 4) is 11.5 Å². The molecule has 0 fully saturated rings. The van der Waals surface area contributed by atoms with E-state index in [0.717, 1.165) is 0 Å². The second-order valence-corrected chi connectivity index (χ2v) is 6.67. The van der Waals surface area contributed by atoms with Gasteiger partial charge < -0.3 is 9.15 Å². The highest BCUT2D eigenvalue weighted by atomic mass is 35.5. The molecule has 1 aromatic carbocycles. The Labute approximate surface area is 150 Å². The van der Waals surface area contributed by atoms with Crippen LogP contribution >= 0.6 is 11.6 Å². The number of benzene rings is 1. The molecule has 0 N–H and O–H groups in total. The Morgan fingerprint density at radius 2 is 1.96 bits per heavy atom. The molecule has 7 nitrogen and oxygen atoms in total. The van der Waals surface area contributed by atoms with Gasteiger partial charge in [0.2, 0.25) is 5.89 Å². The van der Waals surface area contributed by atoms with Crippen LogP contribution in [0.1, 0.15) is 16.1 Å². The molecule has 0 unspecified atom stereocenters. The minimum Gasteiger partial charge on any atom is -0.465 e. The topological polar surface area (TPSA) is 95.2 Å². The van der Waals surface area contributed by atoms with E-state index < -0.39 is 16.8 Å². The lowest BCUT2D eigenvalue weighted by Gasteiger charge is -2.01. The molecule has 2 heterocycles. The lowest BCUT2D eigenvalue weighted by Crippen LogP contribution is -2.04. The fraction of sp³-hybridized carbons (Fsp3) is 0.125. The zero-order chi connectivity index (χ0) is 17.8. The smallest absolute Gasteiger partial charge is 0.339 e. The first kappa shape index (κ1) is 17.2. The van der Waals surface area contributed by atoms with E-state index >= 15 is 0 Å². The predicted octanol–water partition coefficient (Wildman–Crippen LogP) is 2.88. The van der Waals surface area contributed by atoms with Crippen LogP contribution in [0, 0.1) is 0 Å². The number of carbonyl (C=O) groups excluding carboxylic acids is 1. The SMILES string of the molecule is COC(=O)c1ccc(C[S@](=O)c2nnc(-c3ccc(Cl)cc3)o2)nc1. The van der Waals surface area contributed by atoms with Crippen LogP contribution in [0.4, 0.5) is 0 Å². The first-order valence-electron chi connectivity index (χ1n) is 7.08. The Hall–Kier alpha value is -2.58. The molecule has 25 heavy (non-hydrogen) atoms. The highest BCUT2D eigenvalue weighted by molar-refractivity contribution is 7.83. The van der Waals surface area contributed by atoms with Crippen LogP contribution in [-0.4, -0.2) is 32.5 Å². The molecule has 0 amide bonds. The van der Waals surface area contributed by atoms with E-state index in [0.29, 0.717) is 21.8 Å². The first-order valence-corrected chi connectivity index (χ1v) is 8.77. The summed E-state index contributed by atoms with van der Waals surface area (Å²) >= 11 is 5.83. The van der Waals surface area contributed by atoms with Crippen molar-refractivity contribution < 1.29 is 18.2 Å². The van der Waals surface area contributed by atoms with Gasteiger partial charge in [-0.15, -0.1) is 5.10 Å². The summed E-state index contributed by atoms with van der Waals surface area (Å²) in [6, 6.07) is 10.0. The third-order valence-electron chi connectivity index (χ3n) is 3.22. The third-order valence-corrected chi connectivity index (χ3v) is 4.58. The number of halogens is 1. The van der Waals surface area contributed by atoms with Gasteiger partial charge in [-0.1, -0.05) is 16.7 Å². The summed E-state index contributed by atoms with van der Waals surface area (Å²) < 4.78 is 22.4. The maximum Gasteiger partial charge on any atom is 0.339 e. The largest absolute Gasteiger partial charge is 0.465 e. The number of nitrogens with zero attached hydrogens (tertiary/aromatic N) is 3. The number of hydrogen-bond donors (Lipinski definition) is 0. The van der Waals surface area contributed by atoms with Crippen molar-refractivity contribution in [2.75, 3.05) is 7.11 Å². The number of esters is 1. The summed E-state index contributed by atoms with van der Waals surface area (Å²) in [7, 11) is -0.265. The summed E-state index contributed by atoms with van der Waals surface area (Å²) in [5, 5.41) is 8.31. The Kier molecular flexibility index (Phi) is 5.20. The van der Waals surface area contributed by atoms with Crippen molar-refractivity contribution in [3.63, 3.8) is 0 Å². The van der Waals surface area contributed by atoms with Gasteiger partial charge >= 0.3 is 11.2 Å². The van der Waals surface area contributed by atoms with Crippen LogP contribution in [0.2, 0.25) is 5.02 Å². The van der Waals surface area contributed by atoms with E-state index in [1.165, 1.54) is 13.3 Å². The molecule has 0 saturated heterocycles. The van der Waals surface area contributed by atoms with Gasteiger partial charge in [-0.25, -0.2) is 9.00 Å². The summed E-state index contributed by atoms with van der Waals surface area (Å²) in [5.74, 6) is -0.136. The average Bonchev–Trinajstić information content (AvgIpc) is 3.12. The zero-order valence-electron chi connectivity index (χ0n) is 13.0. The van der Waals surface area contributed by atoms with Crippen LogP contribution in [0.5, 0.6) is 0 Å². The normalized spacial score (nSPS) is 11.9. The minimum atomic E-state index is -1.56. The second-order valence-electron chi connectivity index (χ2n) is 4.90. The first-order chi connectivity index (χ1) is 12.1. The molecule has 0 radical (unpaired) electrons. The maximum absolute atomic E-state index is 12.3. The predicted molar refractivity (Wildman–Crippen MR) is 90.4 cm³/mol. The molecule has 3 rings (SSSR count). The number of pyridine rings is 1. The van der Waals surface area contributed by atoms with Crippen LogP contribution in [-0.2, 0) is 21.3 Å². The Balaban J connectivity index is 1.71. The molecule has 3 aromatic rings. The lowest BCUT2D eigenvalue weighted by atomic mass is 10.2. The highest BCUT2D eigenvalue weighted by Gasteiger charge is 2.16. The minimum absolute atomic E-state index is 0.00351. The summed E-state index contributed by atoms with van der Waals surface area (Å²) in [6.07, 6.45) is 1.37. The molecule has 9 heteroatoms. The average molecular weight is 378 g/mol. The number of ether oxygens (including phenoxy) is 1. The van der Waals surface area contributed by atoms with Crippen molar-refractivity contribution in [2.24, 2.45) is 0 Å². The Morgan fingerprint density at radius 1 is 1.20 bits per heavy atom. The summed E-state index contributed by atoms with van der Waals surface area (Å²) in [6.45, 7) is 0. The molecule has 0 saturated carbocycles. The van der Waals surface area contributed by atoms with Gasteiger partial charge in [-0.05, 0) is 36.4 Å². The van der Waals surface area contributed by atoms with E-state index in [-0.39, 0.29) is 16.9 Å². The standard InChI is InChI=1S/C16H12ClN3O4S/c1-23-15(21)11-4-7-13(18-8-11)9-25(22)16-20-19-14(24-16)10-2-5-12(17)6-3-10/h2-8H,9H2,1H3/t25-/m0/s1. The number of rotatable bonds is 5. The molecule has 0 aliphatic rings. The molecular formula is C16H12ClN3O4S. The van der Waals surface area contributed by atoms with Gasteiger partial charge in [0.1, 0.15) is 10.8 Å². The van der Waals surface area contributed by atoms with E-state index in [1.807, 2.05) is 0 Å². The highest BCUT2D eigenvalue weighted by Crippen LogP contribution is 2.21. The van der Waals surface area contributed by atoms with Crippen molar-refractivity contribution >= 4 is 28.4 Å². The zero-order valence-corrected chi connectivity index (χ0v) is 14.6. The molecule has 0 bridgehead atoms. The fourth-order valence-electron chi connectivity index (χ4n) is 1.96. The molecule has 0 aliphatic heterocycles. The van der Waals surface area contributed by atoms with Crippen molar-refractivity contribution in [3.05, 3.63) is 58.9 Å². The van der Waals surface area contributed by atoms with Gasteiger partial charge in [-0.2, -0.15) is 0 Å². The molecule has 2 aromatic heterocycles. The van der Waals surface area contributed by atoms with Gasteiger partial charge in [0.25, 0.3) is 0 Å². The van der Waals surface area contributed by atoms with Crippen LogP contribution in [0.25, 0.3) is 11.5 Å². The number of aromatic nitrogens is 3. The monoisotopic (exact) mass is 377 g/mol. The summed E-state index contributed by atoms with van der Waals surface area (Å²) in [5.41, 5.74) is 1.53. The molecule has 1 atom stereocenters. The molecule has 0 aliphatic carbocycles. The van der Waals surface area contributed by atoms with E-state index in [9.17, 15) is 9.00 Å². The van der Waals surface area contributed by atoms with Gasteiger partial charge in [0.05, 0.1) is 24.1 Å². The van der Waals surface area contributed by atoms with Gasteiger partial charge in [0.15, 0.2) is 0 Å². The van der Waals surface area contributed by atoms with Gasteiger partial charge in [0, 0.05) is 16.8 Å². The molecular weight excluding hydrogens is 366 g/mol. The maximum atomic E-state index is 12.3. The Bertz CT molecular complexity index is 910. The van der Waals surface area contributed by atoms with Crippen LogP contribution in [0.3, 0.4) is 0 Å². The lowest BCUT2D eigenvalue weighted by molar-refractivity contribution is 0.0600. The Morgan fingerprint density at radius 3 is 2.60 bits per heavy atom. The van der Waals surface area contributed by atoms with E-state index in [1.54, 1.807) is 36.4 Å². The van der Waals surface area contributed by atoms with E-state index in [2.05, 4.69) is 19.9 Å². The quantitative estimate of drug-likeness (QED) is 0.631. The number of hydrogen-bond acceptors (Lipinski definition) is 7. The number of methoxy groups -OCH3 is 1. The van der Waals surface area contributed by atoms with Crippen molar-refractivity contribution in [1.29, 1.82) is 0 Å². The van der Waals surface area contributed by atoms with Crippen LogP contribution < -0.4 is 0 Å². The van der Waals surface area contributed by atoms with Crippen LogP contribution in [0.15, 0.2) is 52.2 Å². The van der Waals surface area contributed by atoms with E-state index in [4.69, 9.17) is 16.0 Å². The molecule has 0 spiro atoms. The molecule has 128 valence electrons. The van der Waals surface area contributed by atoms with Gasteiger partial charge in [-0.3, -0.25) is 4.98 Å². The second kappa shape index (κ2) is 7.54. The number of carbonyl (C=O) groups is 1. The summed E-state index contributed by atoms with van der Waals surface area (Å²) in [4.78, 5) is 15.5. The van der Waals surface area contributed by atoms with Crippen molar-refractivity contribution in [1.82, 2.24) is 15.2 Å².